The van der Waals surface area contributed by atoms with Gasteiger partial charge in [0, 0.05) is 0 Å². The first-order chi connectivity index (χ1) is 6.95. The molecule has 1 heteroatoms. The van der Waals surface area contributed by atoms with Gasteiger partial charge in [0.25, 0.3) is 0 Å². The normalized spacial score (nSPS) is 23.1. The summed E-state index contributed by atoms with van der Waals surface area (Å²) in [6.45, 7) is 2.54. The summed E-state index contributed by atoms with van der Waals surface area (Å²) in [5.74, 6) is 2.18. The maximum Gasteiger partial charge on any atom is -0.00463 e. The number of rotatable bonds is 7. The van der Waals surface area contributed by atoms with E-state index in [1.165, 1.54) is 70.9 Å². The van der Waals surface area contributed by atoms with Crippen LogP contribution in [0.25, 0.3) is 0 Å². The highest BCUT2D eigenvalue weighted by Gasteiger charge is 2.19. The van der Waals surface area contributed by atoms with Crippen LogP contribution >= 0.6 is 0 Å². The summed E-state index contributed by atoms with van der Waals surface area (Å²) in [6.07, 6.45) is 13.4. The van der Waals surface area contributed by atoms with E-state index in [0.29, 0.717) is 0 Å². The molecule has 0 bridgehead atoms. The van der Waals surface area contributed by atoms with Crippen LogP contribution in [0.2, 0.25) is 0 Å². The zero-order valence-electron chi connectivity index (χ0n) is 9.43. The summed E-state index contributed by atoms with van der Waals surface area (Å²) in [5.41, 5.74) is 0. The maximum atomic E-state index is 3.58. The van der Waals surface area contributed by atoms with E-state index in [1.54, 1.807) is 0 Å². The van der Waals surface area contributed by atoms with Crippen LogP contribution in [0.1, 0.15) is 57.8 Å². The molecule has 1 nitrogen and oxygen atoms in total. The Labute approximate surface area is 88.7 Å². The van der Waals surface area contributed by atoms with E-state index in [9.17, 15) is 0 Å². The standard InChI is InChI=1S/C13H25N/c1-2-5-12(4-1)6-3-10-14-11-9-13-7-8-13/h12-14H,1-11H2. The lowest BCUT2D eigenvalue weighted by atomic mass is 10.0. The second-order valence-corrected chi connectivity index (χ2v) is 5.27. The Morgan fingerprint density at radius 3 is 2.21 bits per heavy atom. The topological polar surface area (TPSA) is 12.0 Å². The molecule has 0 aromatic heterocycles. The van der Waals surface area contributed by atoms with Crippen molar-refractivity contribution in [2.45, 2.75) is 57.8 Å². The van der Waals surface area contributed by atoms with E-state index in [4.69, 9.17) is 0 Å². The van der Waals surface area contributed by atoms with E-state index in [0.717, 1.165) is 11.8 Å². The summed E-state index contributed by atoms with van der Waals surface area (Å²) in [5, 5.41) is 3.58. The zero-order valence-corrected chi connectivity index (χ0v) is 9.43. The number of nitrogens with one attached hydrogen (secondary N) is 1. The fourth-order valence-electron chi connectivity index (χ4n) is 2.65. The molecule has 2 rings (SSSR count). The summed E-state index contributed by atoms with van der Waals surface area (Å²) in [4.78, 5) is 0. The van der Waals surface area contributed by atoms with Crippen LogP contribution in [0.4, 0.5) is 0 Å². The molecule has 0 atom stereocenters. The SMILES string of the molecule is C1CCC(CCCNCCC2CC2)C1. The minimum Gasteiger partial charge on any atom is -0.317 e. The van der Waals surface area contributed by atoms with E-state index in [2.05, 4.69) is 5.32 Å². The van der Waals surface area contributed by atoms with Crippen LogP contribution < -0.4 is 5.32 Å². The van der Waals surface area contributed by atoms with Gasteiger partial charge in [0.15, 0.2) is 0 Å². The zero-order chi connectivity index (χ0) is 9.64. The highest BCUT2D eigenvalue weighted by atomic mass is 14.8. The van der Waals surface area contributed by atoms with E-state index < -0.39 is 0 Å². The molecule has 2 saturated carbocycles. The van der Waals surface area contributed by atoms with Gasteiger partial charge in [-0.05, 0) is 44.2 Å². The summed E-state index contributed by atoms with van der Waals surface area (Å²) < 4.78 is 0. The molecular weight excluding hydrogens is 170 g/mol. The molecular formula is C13H25N. The fourth-order valence-corrected chi connectivity index (χ4v) is 2.65. The van der Waals surface area contributed by atoms with Gasteiger partial charge in [-0.25, -0.2) is 0 Å². The second kappa shape index (κ2) is 5.75. The molecule has 2 aliphatic carbocycles. The lowest BCUT2D eigenvalue weighted by Crippen LogP contribution is -2.17. The van der Waals surface area contributed by atoms with Crippen molar-refractivity contribution in [3.63, 3.8) is 0 Å². The predicted octanol–water partition coefficient (Wildman–Crippen LogP) is 3.35. The van der Waals surface area contributed by atoms with E-state index >= 15 is 0 Å². The van der Waals surface area contributed by atoms with Crippen molar-refractivity contribution < 1.29 is 0 Å². The van der Waals surface area contributed by atoms with Crippen LogP contribution in [-0.4, -0.2) is 13.1 Å². The summed E-state index contributed by atoms with van der Waals surface area (Å²) in [7, 11) is 0. The molecule has 0 unspecified atom stereocenters. The van der Waals surface area contributed by atoms with Gasteiger partial charge in [0.05, 0.1) is 0 Å². The maximum absolute atomic E-state index is 3.58. The molecule has 2 aliphatic rings. The Bertz CT molecular complexity index is 145. The van der Waals surface area contributed by atoms with E-state index in [-0.39, 0.29) is 0 Å². The third-order valence-electron chi connectivity index (χ3n) is 3.87. The van der Waals surface area contributed by atoms with Crippen LogP contribution in [0, 0.1) is 11.8 Å². The molecule has 1 N–H and O–H groups in total. The molecule has 0 heterocycles. The monoisotopic (exact) mass is 195 g/mol. The van der Waals surface area contributed by atoms with Crippen molar-refractivity contribution in [3.05, 3.63) is 0 Å². The van der Waals surface area contributed by atoms with Crippen molar-refractivity contribution in [3.8, 4) is 0 Å². The molecule has 0 saturated heterocycles. The average molecular weight is 195 g/mol. The van der Waals surface area contributed by atoms with E-state index in [1.807, 2.05) is 0 Å². The third kappa shape index (κ3) is 4.00. The Morgan fingerprint density at radius 2 is 1.50 bits per heavy atom. The molecule has 0 aromatic carbocycles. The molecule has 0 aliphatic heterocycles. The number of hydrogen-bond acceptors (Lipinski definition) is 1. The lowest BCUT2D eigenvalue weighted by Gasteiger charge is -2.08. The summed E-state index contributed by atoms with van der Waals surface area (Å²) >= 11 is 0. The smallest absolute Gasteiger partial charge is 0.00463 e. The summed E-state index contributed by atoms with van der Waals surface area (Å²) in [6, 6.07) is 0. The van der Waals surface area contributed by atoms with Crippen molar-refractivity contribution in [1.82, 2.24) is 5.32 Å². The van der Waals surface area contributed by atoms with Crippen molar-refractivity contribution in [2.24, 2.45) is 11.8 Å². The van der Waals surface area contributed by atoms with Gasteiger partial charge in [-0.15, -0.1) is 0 Å². The first-order valence-corrected chi connectivity index (χ1v) is 6.66. The molecule has 0 spiro atoms. The molecule has 0 aromatic rings. The quantitative estimate of drug-likeness (QED) is 0.614. The molecule has 82 valence electrons. The predicted molar refractivity (Wildman–Crippen MR) is 61.4 cm³/mol. The van der Waals surface area contributed by atoms with Gasteiger partial charge in [0.2, 0.25) is 0 Å². The van der Waals surface area contributed by atoms with Crippen molar-refractivity contribution >= 4 is 0 Å². The van der Waals surface area contributed by atoms with Crippen molar-refractivity contribution in [1.29, 1.82) is 0 Å². The third-order valence-corrected chi connectivity index (χ3v) is 3.87. The molecule has 0 radical (unpaired) electrons. The van der Waals surface area contributed by atoms with Gasteiger partial charge < -0.3 is 5.32 Å². The largest absolute Gasteiger partial charge is 0.317 e. The minimum absolute atomic E-state index is 1.08. The van der Waals surface area contributed by atoms with Gasteiger partial charge >= 0.3 is 0 Å². The Balaban J connectivity index is 1.35. The van der Waals surface area contributed by atoms with Crippen LogP contribution in [-0.2, 0) is 0 Å². The van der Waals surface area contributed by atoms with Gasteiger partial charge in [-0.1, -0.05) is 38.5 Å². The average Bonchev–Trinajstić information content (AvgIpc) is 2.87. The van der Waals surface area contributed by atoms with Crippen LogP contribution in [0.3, 0.4) is 0 Å². The molecule has 0 amide bonds. The minimum atomic E-state index is 1.08. The van der Waals surface area contributed by atoms with Crippen LogP contribution in [0.15, 0.2) is 0 Å². The highest BCUT2D eigenvalue weighted by Crippen LogP contribution is 2.31. The Hall–Kier alpha value is -0.0400. The first-order valence-electron chi connectivity index (χ1n) is 6.66. The van der Waals surface area contributed by atoms with Crippen LogP contribution in [0.5, 0.6) is 0 Å². The fraction of sp³-hybridized carbons (Fsp3) is 1.00. The van der Waals surface area contributed by atoms with Gasteiger partial charge in [-0.2, -0.15) is 0 Å². The molecule has 14 heavy (non-hydrogen) atoms. The van der Waals surface area contributed by atoms with Gasteiger partial charge in [0.1, 0.15) is 0 Å². The second-order valence-electron chi connectivity index (χ2n) is 5.27. The highest BCUT2D eigenvalue weighted by molar-refractivity contribution is 4.73. The first kappa shape index (κ1) is 10.5. The van der Waals surface area contributed by atoms with Crippen molar-refractivity contribution in [2.75, 3.05) is 13.1 Å². The molecule has 2 fully saturated rings. The lowest BCUT2D eigenvalue weighted by molar-refractivity contribution is 0.467. The van der Waals surface area contributed by atoms with Gasteiger partial charge in [-0.3, -0.25) is 0 Å². The number of hydrogen-bond donors (Lipinski definition) is 1. The Kier molecular flexibility index (Phi) is 4.30. The Morgan fingerprint density at radius 1 is 0.786 bits per heavy atom.